The van der Waals surface area contributed by atoms with Crippen molar-refractivity contribution in [1.82, 2.24) is 5.32 Å². The van der Waals surface area contributed by atoms with E-state index in [1.807, 2.05) is 23.9 Å². The molecule has 1 aromatic rings. The zero-order valence-corrected chi connectivity index (χ0v) is 12.2. The van der Waals surface area contributed by atoms with Crippen LogP contribution in [-0.4, -0.2) is 18.3 Å². The molecule has 0 heterocycles. The molecule has 1 N–H and O–H groups in total. The normalized spacial score (nSPS) is 27.1. The number of hydrogen-bond acceptors (Lipinski definition) is 2. The molecule has 1 aliphatic rings. The van der Waals surface area contributed by atoms with E-state index in [9.17, 15) is 4.39 Å². The molecule has 0 aromatic heterocycles. The molecule has 0 amide bonds. The van der Waals surface area contributed by atoms with Crippen LogP contribution in [0.1, 0.15) is 33.1 Å². The molecule has 3 heteroatoms. The van der Waals surface area contributed by atoms with Gasteiger partial charge >= 0.3 is 0 Å². The number of benzene rings is 1. The first-order valence-corrected chi connectivity index (χ1v) is 7.50. The minimum Gasteiger partial charge on any atom is -0.315 e. The Labute approximate surface area is 114 Å². The van der Waals surface area contributed by atoms with Gasteiger partial charge in [0.15, 0.2) is 0 Å². The molecular formula is C15H22FNS. The number of rotatable bonds is 3. The summed E-state index contributed by atoms with van der Waals surface area (Å²) in [5.74, 6) is -0.159. The van der Waals surface area contributed by atoms with Gasteiger partial charge in [0.2, 0.25) is 0 Å². The summed E-state index contributed by atoms with van der Waals surface area (Å²) < 4.78 is 12.9. The molecule has 0 saturated heterocycles. The van der Waals surface area contributed by atoms with E-state index in [4.69, 9.17) is 0 Å². The second-order valence-electron chi connectivity index (χ2n) is 5.76. The molecule has 1 nitrogen and oxygen atoms in total. The standard InChI is InChI=1S/C15H22FNS/c1-15(2)10-4-5-13(14(15)17-3)18-12-8-6-11(16)7-9-12/h6-9,13-14,17H,4-5,10H2,1-3H3. The highest BCUT2D eigenvalue weighted by Gasteiger charge is 2.38. The molecule has 0 spiro atoms. The number of thioether (sulfide) groups is 1. The Morgan fingerprint density at radius 1 is 1.28 bits per heavy atom. The summed E-state index contributed by atoms with van der Waals surface area (Å²) in [6, 6.07) is 7.37. The fourth-order valence-electron chi connectivity index (χ4n) is 2.98. The molecule has 2 rings (SSSR count). The highest BCUT2D eigenvalue weighted by molar-refractivity contribution is 8.00. The lowest BCUT2D eigenvalue weighted by Crippen LogP contribution is -2.49. The fraction of sp³-hybridized carbons (Fsp3) is 0.600. The van der Waals surface area contributed by atoms with E-state index < -0.39 is 0 Å². The maximum Gasteiger partial charge on any atom is 0.123 e. The van der Waals surface area contributed by atoms with Crippen molar-refractivity contribution in [2.45, 2.75) is 49.3 Å². The van der Waals surface area contributed by atoms with Crippen LogP contribution in [0.2, 0.25) is 0 Å². The van der Waals surface area contributed by atoms with Gasteiger partial charge in [0.25, 0.3) is 0 Å². The molecule has 2 unspecified atom stereocenters. The van der Waals surface area contributed by atoms with Crippen LogP contribution >= 0.6 is 11.8 Å². The Morgan fingerprint density at radius 3 is 2.56 bits per heavy atom. The second-order valence-corrected chi connectivity index (χ2v) is 7.07. The van der Waals surface area contributed by atoms with Crippen LogP contribution in [-0.2, 0) is 0 Å². The zero-order valence-electron chi connectivity index (χ0n) is 11.4. The van der Waals surface area contributed by atoms with E-state index in [1.54, 1.807) is 12.1 Å². The average molecular weight is 267 g/mol. The fourth-order valence-corrected chi connectivity index (χ4v) is 4.54. The van der Waals surface area contributed by atoms with Gasteiger partial charge in [0.1, 0.15) is 5.82 Å². The molecular weight excluding hydrogens is 245 g/mol. The third kappa shape index (κ3) is 3.07. The summed E-state index contributed by atoms with van der Waals surface area (Å²) in [6.45, 7) is 4.68. The van der Waals surface area contributed by atoms with E-state index in [0.29, 0.717) is 16.7 Å². The predicted molar refractivity (Wildman–Crippen MR) is 76.5 cm³/mol. The van der Waals surface area contributed by atoms with Crippen LogP contribution in [0.25, 0.3) is 0 Å². The predicted octanol–water partition coefficient (Wildman–Crippen LogP) is 4.08. The average Bonchev–Trinajstić information content (AvgIpc) is 2.31. The van der Waals surface area contributed by atoms with Crippen molar-refractivity contribution in [3.8, 4) is 0 Å². The molecule has 0 radical (unpaired) electrons. The molecule has 0 aliphatic heterocycles. The summed E-state index contributed by atoms with van der Waals surface area (Å²) in [7, 11) is 2.05. The van der Waals surface area contributed by atoms with Crippen LogP contribution in [0.5, 0.6) is 0 Å². The lowest BCUT2D eigenvalue weighted by molar-refractivity contribution is 0.182. The monoisotopic (exact) mass is 267 g/mol. The third-order valence-electron chi connectivity index (χ3n) is 3.94. The van der Waals surface area contributed by atoms with Crippen LogP contribution in [0.4, 0.5) is 4.39 Å². The van der Waals surface area contributed by atoms with Crippen LogP contribution < -0.4 is 5.32 Å². The van der Waals surface area contributed by atoms with Crippen LogP contribution in [0, 0.1) is 11.2 Å². The first kappa shape index (κ1) is 13.9. The van der Waals surface area contributed by atoms with Gasteiger partial charge < -0.3 is 5.32 Å². The molecule has 1 aliphatic carbocycles. The largest absolute Gasteiger partial charge is 0.315 e. The Morgan fingerprint density at radius 2 is 1.94 bits per heavy atom. The summed E-state index contributed by atoms with van der Waals surface area (Å²) in [5, 5.41) is 4.05. The van der Waals surface area contributed by atoms with Gasteiger partial charge in [0.05, 0.1) is 0 Å². The van der Waals surface area contributed by atoms with Gasteiger partial charge in [-0.15, -0.1) is 11.8 Å². The van der Waals surface area contributed by atoms with Crippen molar-refractivity contribution in [2.75, 3.05) is 7.05 Å². The van der Waals surface area contributed by atoms with E-state index in [-0.39, 0.29) is 5.82 Å². The van der Waals surface area contributed by atoms with Gasteiger partial charge in [-0.2, -0.15) is 0 Å². The SMILES string of the molecule is CNC1C(Sc2ccc(F)cc2)CCCC1(C)C. The maximum absolute atomic E-state index is 12.9. The minimum absolute atomic E-state index is 0.159. The van der Waals surface area contributed by atoms with Crippen LogP contribution in [0.15, 0.2) is 29.2 Å². The molecule has 1 saturated carbocycles. The smallest absolute Gasteiger partial charge is 0.123 e. The van der Waals surface area contributed by atoms with E-state index >= 15 is 0 Å². The quantitative estimate of drug-likeness (QED) is 0.885. The number of nitrogens with one attached hydrogen (secondary N) is 1. The van der Waals surface area contributed by atoms with Gasteiger partial charge in [0, 0.05) is 16.2 Å². The van der Waals surface area contributed by atoms with E-state index in [0.717, 1.165) is 0 Å². The van der Waals surface area contributed by atoms with Gasteiger partial charge in [-0.25, -0.2) is 4.39 Å². The van der Waals surface area contributed by atoms with Crippen molar-refractivity contribution < 1.29 is 4.39 Å². The van der Waals surface area contributed by atoms with Crippen molar-refractivity contribution >= 4 is 11.8 Å². The van der Waals surface area contributed by atoms with E-state index in [1.165, 1.54) is 24.2 Å². The first-order chi connectivity index (χ1) is 8.53. The molecule has 18 heavy (non-hydrogen) atoms. The Hall–Kier alpha value is -0.540. The minimum atomic E-state index is -0.159. The highest BCUT2D eigenvalue weighted by atomic mass is 32.2. The van der Waals surface area contributed by atoms with Crippen molar-refractivity contribution in [3.05, 3.63) is 30.1 Å². The van der Waals surface area contributed by atoms with Crippen molar-refractivity contribution in [2.24, 2.45) is 5.41 Å². The molecule has 1 aromatic carbocycles. The topological polar surface area (TPSA) is 12.0 Å². The molecule has 0 bridgehead atoms. The molecule has 100 valence electrons. The highest BCUT2D eigenvalue weighted by Crippen LogP contribution is 2.42. The summed E-state index contributed by atoms with van der Waals surface area (Å²) in [5.41, 5.74) is 0.338. The Kier molecular flexibility index (Phi) is 4.33. The van der Waals surface area contributed by atoms with Gasteiger partial charge in [-0.05, 0) is 49.6 Å². The second kappa shape index (κ2) is 5.62. The Balaban J connectivity index is 2.09. The van der Waals surface area contributed by atoms with Crippen molar-refractivity contribution in [1.29, 1.82) is 0 Å². The lowest BCUT2D eigenvalue weighted by atomic mass is 9.73. The van der Waals surface area contributed by atoms with Gasteiger partial charge in [-0.3, -0.25) is 0 Å². The summed E-state index contributed by atoms with van der Waals surface area (Å²) in [4.78, 5) is 1.17. The Bertz CT molecular complexity index is 388. The maximum atomic E-state index is 12.9. The lowest BCUT2D eigenvalue weighted by Gasteiger charge is -2.43. The van der Waals surface area contributed by atoms with Crippen LogP contribution in [0.3, 0.4) is 0 Å². The van der Waals surface area contributed by atoms with Crippen molar-refractivity contribution in [3.63, 3.8) is 0 Å². The summed E-state index contributed by atoms with van der Waals surface area (Å²) >= 11 is 1.88. The molecule has 1 fully saturated rings. The molecule has 2 atom stereocenters. The first-order valence-electron chi connectivity index (χ1n) is 6.62. The van der Waals surface area contributed by atoms with Gasteiger partial charge in [-0.1, -0.05) is 20.3 Å². The van der Waals surface area contributed by atoms with E-state index in [2.05, 4.69) is 26.2 Å². The third-order valence-corrected chi connectivity index (χ3v) is 5.29. The summed E-state index contributed by atoms with van der Waals surface area (Å²) in [6.07, 6.45) is 3.79. The number of halogens is 1. The number of hydrogen-bond donors (Lipinski definition) is 1. The zero-order chi connectivity index (χ0) is 13.2.